The Balaban J connectivity index is 1.42. The molecule has 1 aromatic carbocycles. The number of benzene rings is 1. The molecule has 0 radical (unpaired) electrons. The van der Waals surface area contributed by atoms with Crippen molar-refractivity contribution in [1.29, 1.82) is 0 Å². The fourth-order valence-corrected chi connectivity index (χ4v) is 2.80. The van der Waals surface area contributed by atoms with Gasteiger partial charge in [0.05, 0.1) is 23.1 Å². The molecule has 0 bridgehead atoms. The Morgan fingerprint density at radius 2 is 2.04 bits per heavy atom. The van der Waals surface area contributed by atoms with Gasteiger partial charge in [0.25, 0.3) is 5.91 Å². The van der Waals surface area contributed by atoms with Crippen LogP contribution in [0.15, 0.2) is 61.1 Å². The molecule has 0 aliphatic heterocycles. The van der Waals surface area contributed by atoms with Crippen molar-refractivity contribution in [2.45, 2.75) is 6.42 Å². The number of pyridine rings is 1. The first-order valence-corrected chi connectivity index (χ1v) is 8.21. The number of imidazole rings is 1. The SMILES string of the molecule is O=C(NCCc1cn2ccccc2n1)c1cn[nH]c1-c1ccc(F)cc1. The molecule has 0 aliphatic rings. The predicted octanol–water partition coefficient (Wildman–Crippen LogP) is 2.84. The number of hydrogen-bond acceptors (Lipinski definition) is 3. The topological polar surface area (TPSA) is 75.1 Å². The van der Waals surface area contributed by atoms with Crippen LogP contribution >= 0.6 is 0 Å². The van der Waals surface area contributed by atoms with E-state index in [0.717, 1.165) is 11.3 Å². The lowest BCUT2D eigenvalue weighted by atomic mass is 10.1. The molecule has 26 heavy (non-hydrogen) atoms. The lowest BCUT2D eigenvalue weighted by molar-refractivity contribution is 0.0955. The molecule has 0 saturated carbocycles. The van der Waals surface area contributed by atoms with Crippen molar-refractivity contribution < 1.29 is 9.18 Å². The van der Waals surface area contributed by atoms with Crippen molar-refractivity contribution in [3.63, 3.8) is 0 Å². The number of aromatic nitrogens is 4. The lowest BCUT2D eigenvalue weighted by Crippen LogP contribution is -2.25. The number of fused-ring (bicyclic) bond motifs is 1. The Morgan fingerprint density at radius 1 is 1.19 bits per heavy atom. The monoisotopic (exact) mass is 349 g/mol. The van der Waals surface area contributed by atoms with Crippen molar-refractivity contribution in [1.82, 2.24) is 24.9 Å². The molecule has 3 heterocycles. The van der Waals surface area contributed by atoms with Gasteiger partial charge in [0.2, 0.25) is 0 Å². The van der Waals surface area contributed by atoms with Gasteiger partial charge in [-0.25, -0.2) is 9.37 Å². The third-order valence-corrected chi connectivity index (χ3v) is 4.10. The molecule has 6 nitrogen and oxygen atoms in total. The van der Waals surface area contributed by atoms with Crippen molar-refractivity contribution in [2.75, 3.05) is 6.54 Å². The molecule has 2 N–H and O–H groups in total. The van der Waals surface area contributed by atoms with Gasteiger partial charge in [-0.3, -0.25) is 9.89 Å². The minimum atomic E-state index is -0.327. The smallest absolute Gasteiger partial charge is 0.255 e. The van der Waals surface area contributed by atoms with Crippen LogP contribution in [0.25, 0.3) is 16.9 Å². The zero-order valence-corrected chi connectivity index (χ0v) is 13.8. The number of halogens is 1. The van der Waals surface area contributed by atoms with Gasteiger partial charge >= 0.3 is 0 Å². The maximum atomic E-state index is 13.1. The van der Waals surface area contributed by atoms with E-state index in [2.05, 4.69) is 20.5 Å². The average molecular weight is 349 g/mol. The molecule has 0 unspecified atom stereocenters. The number of carbonyl (C=O) groups excluding carboxylic acids is 1. The number of H-pyrrole nitrogens is 1. The summed E-state index contributed by atoms with van der Waals surface area (Å²) in [6.45, 7) is 0.455. The van der Waals surface area contributed by atoms with Gasteiger partial charge in [-0.05, 0) is 36.4 Å². The zero-order chi connectivity index (χ0) is 17.9. The van der Waals surface area contributed by atoms with Gasteiger partial charge in [0.1, 0.15) is 11.5 Å². The van der Waals surface area contributed by atoms with E-state index in [0.29, 0.717) is 29.8 Å². The summed E-state index contributed by atoms with van der Waals surface area (Å²) < 4.78 is 15.0. The summed E-state index contributed by atoms with van der Waals surface area (Å²) in [4.78, 5) is 17.0. The highest BCUT2D eigenvalue weighted by Crippen LogP contribution is 2.21. The van der Waals surface area contributed by atoms with Crippen LogP contribution in [-0.4, -0.2) is 32.0 Å². The minimum absolute atomic E-state index is 0.234. The van der Waals surface area contributed by atoms with Gasteiger partial charge in [-0.15, -0.1) is 0 Å². The first-order valence-electron chi connectivity index (χ1n) is 8.21. The van der Waals surface area contributed by atoms with Gasteiger partial charge in [0.15, 0.2) is 0 Å². The average Bonchev–Trinajstić information content (AvgIpc) is 3.29. The number of carbonyl (C=O) groups is 1. The molecule has 0 atom stereocenters. The molecule has 4 rings (SSSR count). The second-order valence-corrected chi connectivity index (χ2v) is 5.87. The number of rotatable bonds is 5. The summed E-state index contributed by atoms with van der Waals surface area (Å²) in [6, 6.07) is 11.7. The van der Waals surface area contributed by atoms with Gasteiger partial charge in [0, 0.05) is 30.9 Å². The summed E-state index contributed by atoms with van der Waals surface area (Å²) >= 11 is 0. The largest absolute Gasteiger partial charge is 0.352 e. The number of nitrogens with one attached hydrogen (secondary N) is 2. The first-order chi connectivity index (χ1) is 12.7. The van der Waals surface area contributed by atoms with Crippen LogP contribution in [0.4, 0.5) is 4.39 Å². The standard InChI is InChI=1S/C19H16FN5O/c20-14-6-4-13(5-7-14)18-16(11-22-24-18)19(26)21-9-8-15-12-25-10-2-1-3-17(25)23-15/h1-7,10-12H,8-9H2,(H,21,26)(H,22,24). The highest BCUT2D eigenvalue weighted by atomic mass is 19.1. The normalized spacial score (nSPS) is 11.0. The fraction of sp³-hybridized carbons (Fsp3) is 0.105. The minimum Gasteiger partial charge on any atom is -0.352 e. The van der Waals surface area contributed by atoms with Crippen LogP contribution in [0.3, 0.4) is 0 Å². The van der Waals surface area contributed by atoms with Crippen molar-refractivity contribution in [3.05, 3.63) is 78.1 Å². The molecular formula is C19H16FN5O. The summed E-state index contributed by atoms with van der Waals surface area (Å²) in [5.74, 6) is -0.562. The summed E-state index contributed by atoms with van der Waals surface area (Å²) in [7, 11) is 0. The quantitative estimate of drug-likeness (QED) is 0.582. The van der Waals surface area contributed by atoms with Gasteiger partial charge < -0.3 is 9.72 Å². The van der Waals surface area contributed by atoms with E-state index in [1.165, 1.54) is 18.3 Å². The van der Waals surface area contributed by atoms with E-state index in [1.54, 1.807) is 12.1 Å². The van der Waals surface area contributed by atoms with Crippen LogP contribution < -0.4 is 5.32 Å². The molecule has 7 heteroatoms. The Labute approximate surface area is 148 Å². The predicted molar refractivity (Wildman–Crippen MR) is 95.2 cm³/mol. The summed E-state index contributed by atoms with van der Waals surface area (Å²) in [6.07, 6.45) is 5.98. The molecule has 3 aromatic heterocycles. The van der Waals surface area contributed by atoms with Crippen LogP contribution in [0.5, 0.6) is 0 Å². The molecule has 0 fully saturated rings. The van der Waals surface area contributed by atoms with E-state index in [9.17, 15) is 9.18 Å². The molecule has 130 valence electrons. The van der Waals surface area contributed by atoms with E-state index < -0.39 is 0 Å². The third kappa shape index (κ3) is 3.19. The number of aromatic amines is 1. The lowest BCUT2D eigenvalue weighted by Gasteiger charge is -2.05. The molecule has 0 aliphatic carbocycles. The maximum Gasteiger partial charge on any atom is 0.255 e. The Bertz CT molecular complexity index is 1020. The Kier molecular flexibility index (Phi) is 4.18. The zero-order valence-electron chi connectivity index (χ0n) is 13.8. The Hall–Kier alpha value is -3.48. The molecule has 4 aromatic rings. The molecule has 1 amide bonds. The number of nitrogens with zero attached hydrogens (tertiary/aromatic N) is 3. The van der Waals surface area contributed by atoms with E-state index in [1.807, 2.05) is 35.0 Å². The van der Waals surface area contributed by atoms with Crippen molar-refractivity contribution in [2.24, 2.45) is 0 Å². The number of hydrogen-bond donors (Lipinski definition) is 2. The number of amides is 1. The highest BCUT2D eigenvalue weighted by Gasteiger charge is 2.15. The van der Waals surface area contributed by atoms with Crippen LogP contribution in [0, 0.1) is 5.82 Å². The van der Waals surface area contributed by atoms with Crippen LogP contribution in [0.1, 0.15) is 16.1 Å². The molecule has 0 spiro atoms. The van der Waals surface area contributed by atoms with E-state index in [4.69, 9.17) is 0 Å². The van der Waals surface area contributed by atoms with Gasteiger partial charge in [-0.1, -0.05) is 6.07 Å². The molecular weight excluding hydrogens is 333 g/mol. The van der Waals surface area contributed by atoms with Crippen LogP contribution in [-0.2, 0) is 6.42 Å². The Morgan fingerprint density at radius 3 is 2.85 bits per heavy atom. The van der Waals surface area contributed by atoms with Crippen molar-refractivity contribution >= 4 is 11.6 Å². The van der Waals surface area contributed by atoms with E-state index in [-0.39, 0.29) is 11.7 Å². The van der Waals surface area contributed by atoms with E-state index >= 15 is 0 Å². The fourth-order valence-electron chi connectivity index (χ4n) is 2.80. The first kappa shape index (κ1) is 16.0. The summed E-state index contributed by atoms with van der Waals surface area (Å²) in [5.41, 5.74) is 3.47. The molecule has 0 saturated heterocycles. The second kappa shape index (κ2) is 6.79. The highest BCUT2D eigenvalue weighted by molar-refractivity contribution is 5.99. The maximum absolute atomic E-state index is 13.1. The third-order valence-electron chi connectivity index (χ3n) is 4.10. The second-order valence-electron chi connectivity index (χ2n) is 5.87. The van der Waals surface area contributed by atoms with Gasteiger partial charge in [-0.2, -0.15) is 5.10 Å². The van der Waals surface area contributed by atoms with Crippen molar-refractivity contribution in [3.8, 4) is 11.3 Å². The summed E-state index contributed by atoms with van der Waals surface area (Å²) in [5, 5.41) is 9.62. The van der Waals surface area contributed by atoms with Crippen LogP contribution in [0.2, 0.25) is 0 Å².